The molecule has 3 aromatic rings. The molecule has 1 aliphatic heterocycles. The number of nitrogens with one attached hydrogen (secondary N) is 1. The minimum atomic E-state index is -0.610. The zero-order valence-corrected chi connectivity index (χ0v) is 21.0. The Hall–Kier alpha value is -3.80. The van der Waals surface area contributed by atoms with Crippen molar-refractivity contribution in [3.63, 3.8) is 0 Å². The van der Waals surface area contributed by atoms with Gasteiger partial charge < -0.3 is 19.7 Å². The quantitative estimate of drug-likeness (QED) is 0.459. The SMILES string of the molecule is CCNC(=O)[C@H](Cc1ccccc1)N(Cc1ccc(C)cc1)C(=O)CCc1ccc2c(c1)OCCO2. The van der Waals surface area contributed by atoms with E-state index in [0.717, 1.165) is 28.0 Å². The molecular weight excluding hydrogens is 452 g/mol. The largest absolute Gasteiger partial charge is 0.486 e. The highest BCUT2D eigenvalue weighted by molar-refractivity contribution is 5.88. The van der Waals surface area contributed by atoms with Crippen LogP contribution >= 0.6 is 0 Å². The van der Waals surface area contributed by atoms with Crippen LogP contribution in [0.3, 0.4) is 0 Å². The van der Waals surface area contributed by atoms with Gasteiger partial charge in [0.05, 0.1) is 0 Å². The van der Waals surface area contributed by atoms with E-state index in [4.69, 9.17) is 9.47 Å². The number of hydrogen-bond acceptors (Lipinski definition) is 4. The second kappa shape index (κ2) is 12.2. The maximum atomic E-state index is 13.7. The summed E-state index contributed by atoms with van der Waals surface area (Å²) < 4.78 is 11.3. The van der Waals surface area contributed by atoms with Crippen LogP contribution in [0.1, 0.15) is 35.6 Å². The van der Waals surface area contributed by atoms with Crippen molar-refractivity contribution in [3.05, 3.63) is 95.1 Å². The van der Waals surface area contributed by atoms with Gasteiger partial charge in [0.15, 0.2) is 11.5 Å². The lowest BCUT2D eigenvalue weighted by Crippen LogP contribution is -2.50. The van der Waals surface area contributed by atoms with E-state index >= 15 is 0 Å². The minimum absolute atomic E-state index is 0.0577. The van der Waals surface area contributed by atoms with Crippen LogP contribution in [0.15, 0.2) is 72.8 Å². The van der Waals surface area contributed by atoms with Gasteiger partial charge in [0.1, 0.15) is 19.3 Å². The highest BCUT2D eigenvalue weighted by atomic mass is 16.6. The van der Waals surface area contributed by atoms with E-state index in [9.17, 15) is 9.59 Å². The van der Waals surface area contributed by atoms with E-state index in [1.165, 1.54) is 0 Å². The Morgan fingerprint density at radius 2 is 1.58 bits per heavy atom. The number of carbonyl (C=O) groups excluding carboxylic acids is 2. The maximum Gasteiger partial charge on any atom is 0.243 e. The fourth-order valence-corrected chi connectivity index (χ4v) is 4.37. The van der Waals surface area contributed by atoms with Gasteiger partial charge in [-0.1, -0.05) is 66.2 Å². The number of carbonyl (C=O) groups is 2. The van der Waals surface area contributed by atoms with Crippen molar-refractivity contribution in [1.82, 2.24) is 10.2 Å². The molecule has 2 amide bonds. The van der Waals surface area contributed by atoms with Gasteiger partial charge in [0.2, 0.25) is 11.8 Å². The topological polar surface area (TPSA) is 67.9 Å². The lowest BCUT2D eigenvalue weighted by Gasteiger charge is -2.31. The van der Waals surface area contributed by atoms with Crippen molar-refractivity contribution in [2.24, 2.45) is 0 Å². The summed E-state index contributed by atoms with van der Waals surface area (Å²) in [5, 5.41) is 2.94. The summed E-state index contributed by atoms with van der Waals surface area (Å²) in [7, 11) is 0. The van der Waals surface area contributed by atoms with Crippen LogP contribution in [0.4, 0.5) is 0 Å². The standard InChI is InChI=1S/C30H34N2O4/c1-3-31-30(34)26(19-23-7-5-4-6-8-23)32(21-25-11-9-22(2)10-12-25)29(33)16-14-24-13-15-27-28(20-24)36-18-17-35-27/h4-13,15,20,26H,3,14,16-19,21H2,1-2H3,(H,31,34)/t26-/m0/s1. The third kappa shape index (κ3) is 6.66. The third-order valence-electron chi connectivity index (χ3n) is 6.33. The molecule has 1 atom stereocenters. The van der Waals surface area contributed by atoms with E-state index < -0.39 is 6.04 Å². The van der Waals surface area contributed by atoms with Gasteiger partial charge in [-0.3, -0.25) is 9.59 Å². The molecule has 1 heterocycles. The van der Waals surface area contributed by atoms with Gasteiger partial charge in [-0.05, 0) is 49.1 Å². The first-order valence-corrected chi connectivity index (χ1v) is 12.6. The predicted octanol–water partition coefficient (Wildman–Crippen LogP) is 4.48. The molecule has 0 aromatic heterocycles. The molecule has 0 saturated carbocycles. The highest BCUT2D eigenvalue weighted by Crippen LogP contribution is 2.31. The normalized spacial score (nSPS) is 13.1. The molecule has 1 aliphatic rings. The highest BCUT2D eigenvalue weighted by Gasteiger charge is 2.30. The summed E-state index contributed by atoms with van der Waals surface area (Å²) in [5.41, 5.74) is 4.17. The summed E-state index contributed by atoms with van der Waals surface area (Å²) in [6, 6.07) is 23.2. The van der Waals surface area contributed by atoms with Crippen molar-refractivity contribution in [1.29, 1.82) is 0 Å². The molecule has 0 radical (unpaired) electrons. The van der Waals surface area contributed by atoms with Crippen LogP contribution in [0.25, 0.3) is 0 Å². The number of nitrogens with zero attached hydrogens (tertiary/aromatic N) is 1. The zero-order chi connectivity index (χ0) is 25.3. The fourth-order valence-electron chi connectivity index (χ4n) is 4.37. The minimum Gasteiger partial charge on any atom is -0.486 e. The van der Waals surface area contributed by atoms with E-state index in [0.29, 0.717) is 44.9 Å². The van der Waals surface area contributed by atoms with E-state index in [-0.39, 0.29) is 18.2 Å². The second-order valence-corrected chi connectivity index (χ2v) is 9.09. The Balaban J connectivity index is 1.57. The van der Waals surface area contributed by atoms with Crippen LogP contribution in [0, 0.1) is 6.92 Å². The molecule has 4 rings (SSSR count). The Morgan fingerprint density at radius 3 is 2.31 bits per heavy atom. The Labute approximate surface area is 213 Å². The summed E-state index contributed by atoms with van der Waals surface area (Å²) in [6.07, 6.45) is 1.29. The molecule has 1 N–H and O–H groups in total. The first kappa shape index (κ1) is 25.3. The van der Waals surface area contributed by atoms with Crippen molar-refractivity contribution in [2.45, 2.75) is 45.7 Å². The number of rotatable bonds is 10. The average molecular weight is 487 g/mol. The molecule has 0 spiro atoms. The van der Waals surface area contributed by atoms with Crippen molar-refractivity contribution in [2.75, 3.05) is 19.8 Å². The van der Waals surface area contributed by atoms with Crippen LogP contribution in [0.2, 0.25) is 0 Å². The average Bonchev–Trinajstić information content (AvgIpc) is 2.91. The molecule has 0 fully saturated rings. The van der Waals surface area contributed by atoms with Crippen molar-refractivity contribution in [3.8, 4) is 11.5 Å². The van der Waals surface area contributed by atoms with Gasteiger partial charge >= 0.3 is 0 Å². The van der Waals surface area contributed by atoms with Gasteiger partial charge in [0, 0.05) is 25.9 Å². The van der Waals surface area contributed by atoms with Crippen LogP contribution in [-0.4, -0.2) is 42.5 Å². The number of aryl methyl sites for hydroxylation is 2. The van der Waals surface area contributed by atoms with E-state index in [1.807, 2.05) is 86.6 Å². The first-order chi connectivity index (χ1) is 17.5. The lowest BCUT2D eigenvalue weighted by atomic mass is 10.0. The number of amides is 2. The molecule has 0 unspecified atom stereocenters. The molecule has 0 bridgehead atoms. The summed E-state index contributed by atoms with van der Waals surface area (Å²) in [6.45, 7) is 5.87. The number of ether oxygens (including phenoxy) is 2. The molecule has 36 heavy (non-hydrogen) atoms. The van der Waals surface area contributed by atoms with Crippen molar-refractivity contribution < 1.29 is 19.1 Å². The molecule has 3 aromatic carbocycles. The Kier molecular flexibility index (Phi) is 8.61. The van der Waals surface area contributed by atoms with Crippen LogP contribution in [-0.2, 0) is 29.0 Å². The maximum absolute atomic E-state index is 13.7. The lowest BCUT2D eigenvalue weighted by molar-refractivity contribution is -0.141. The second-order valence-electron chi connectivity index (χ2n) is 9.09. The summed E-state index contributed by atoms with van der Waals surface area (Å²) in [5.74, 6) is 1.25. The molecule has 6 heteroatoms. The summed E-state index contributed by atoms with van der Waals surface area (Å²) >= 11 is 0. The number of benzene rings is 3. The number of fused-ring (bicyclic) bond motifs is 1. The van der Waals surface area contributed by atoms with Crippen molar-refractivity contribution >= 4 is 11.8 Å². The molecule has 0 saturated heterocycles. The molecule has 6 nitrogen and oxygen atoms in total. The first-order valence-electron chi connectivity index (χ1n) is 12.6. The number of hydrogen-bond donors (Lipinski definition) is 1. The Morgan fingerprint density at radius 1 is 0.889 bits per heavy atom. The van der Waals surface area contributed by atoms with Gasteiger partial charge in [-0.2, -0.15) is 0 Å². The third-order valence-corrected chi connectivity index (χ3v) is 6.33. The monoisotopic (exact) mass is 486 g/mol. The van der Waals surface area contributed by atoms with Crippen LogP contribution in [0.5, 0.6) is 11.5 Å². The number of likely N-dealkylation sites (N-methyl/N-ethyl adjacent to an activating group) is 1. The zero-order valence-electron chi connectivity index (χ0n) is 21.0. The molecule has 188 valence electrons. The van der Waals surface area contributed by atoms with Gasteiger partial charge in [-0.15, -0.1) is 0 Å². The van der Waals surface area contributed by atoms with Gasteiger partial charge in [-0.25, -0.2) is 0 Å². The molecular formula is C30H34N2O4. The van der Waals surface area contributed by atoms with E-state index in [1.54, 1.807) is 4.90 Å². The summed E-state index contributed by atoms with van der Waals surface area (Å²) in [4.78, 5) is 28.7. The smallest absolute Gasteiger partial charge is 0.243 e. The molecule has 0 aliphatic carbocycles. The Bertz CT molecular complexity index is 1160. The van der Waals surface area contributed by atoms with Crippen LogP contribution < -0.4 is 14.8 Å². The fraction of sp³-hybridized carbons (Fsp3) is 0.333. The predicted molar refractivity (Wildman–Crippen MR) is 140 cm³/mol. The van der Waals surface area contributed by atoms with E-state index in [2.05, 4.69) is 5.32 Å². The van der Waals surface area contributed by atoms with Gasteiger partial charge in [0.25, 0.3) is 0 Å².